The highest BCUT2D eigenvalue weighted by atomic mass is 16.2. The zero-order valence-corrected chi connectivity index (χ0v) is 16.5. The van der Waals surface area contributed by atoms with Gasteiger partial charge in [-0.1, -0.05) is 12.1 Å². The summed E-state index contributed by atoms with van der Waals surface area (Å²) in [5.74, 6) is -0.540. The molecule has 0 bridgehead atoms. The number of nitrogens with one attached hydrogen (secondary N) is 1. The molecule has 3 aliphatic heterocycles. The highest BCUT2D eigenvalue weighted by Crippen LogP contribution is 2.27. The number of likely N-dealkylation sites (tertiary alicyclic amines) is 1. The van der Waals surface area contributed by atoms with E-state index in [0.717, 1.165) is 64.3 Å². The topological polar surface area (TPSA) is 81.9 Å². The van der Waals surface area contributed by atoms with E-state index < -0.39 is 0 Å². The van der Waals surface area contributed by atoms with E-state index in [1.54, 1.807) is 0 Å². The summed E-state index contributed by atoms with van der Waals surface area (Å²) in [7, 11) is 0. The quantitative estimate of drug-likeness (QED) is 0.713. The van der Waals surface area contributed by atoms with Crippen LogP contribution in [-0.2, 0) is 9.59 Å². The van der Waals surface area contributed by atoms with E-state index in [-0.39, 0.29) is 17.7 Å². The van der Waals surface area contributed by atoms with Crippen molar-refractivity contribution in [3.8, 4) is 0 Å². The molecule has 0 radical (unpaired) electrons. The first kappa shape index (κ1) is 19.4. The Labute approximate surface area is 166 Å². The Kier molecular flexibility index (Phi) is 5.94. The number of nitrogens with zero attached hydrogens (tertiary/aromatic N) is 3. The van der Waals surface area contributed by atoms with Crippen LogP contribution in [0.5, 0.6) is 0 Å². The fourth-order valence-electron chi connectivity index (χ4n) is 4.51. The standard InChI is InChI=1S/C21H31N5O2/c22-17-7-8-25(15-17)10-9-24-11-13-26(14-12-24)18-3-1-16(2-4-18)19-5-6-20(27)23-21(19)28/h1-4,17,19H,5-15,22H2,(H,23,27,28)/t17-,19?/m0/s1. The first-order valence-electron chi connectivity index (χ1n) is 10.5. The number of benzene rings is 1. The summed E-state index contributed by atoms with van der Waals surface area (Å²) < 4.78 is 0. The summed E-state index contributed by atoms with van der Waals surface area (Å²) in [6.07, 6.45) is 2.15. The maximum Gasteiger partial charge on any atom is 0.234 e. The van der Waals surface area contributed by atoms with E-state index in [0.29, 0.717) is 18.9 Å². The van der Waals surface area contributed by atoms with E-state index >= 15 is 0 Å². The SMILES string of the molecule is N[C@H]1CCN(CCN2CCN(c3ccc(C4CCC(=O)NC4=O)cc3)CC2)C1. The van der Waals surface area contributed by atoms with Crippen molar-refractivity contribution >= 4 is 17.5 Å². The van der Waals surface area contributed by atoms with Crippen LogP contribution in [-0.4, -0.2) is 80.0 Å². The van der Waals surface area contributed by atoms with Crippen LogP contribution >= 0.6 is 0 Å². The third-order valence-electron chi connectivity index (χ3n) is 6.31. The number of piperazine rings is 1. The molecule has 1 aromatic rings. The van der Waals surface area contributed by atoms with Gasteiger partial charge in [-0.15, -0.1) is 0 Å². The number of anilines is 1. The molecule has 2 atom stereocenters. The second-order valence-corrected chi connectivity index (χ2v) is 8.27. The lowest BCUT2D eigenvalue weighted by molar-refractivity contribution is -0.134. The number of imide groups is 1. The first-order chi connectivity index (χ1) is 13.6. The van der Waals surface area contributed by atoms with Crippen LogP contribution in [0.1, 0.15) is 30.7 Å². The van der Waals surface area contributed by atoms with Gasteiger partial charge >= 0.3 is 0 Å². The average molecular weight is 386 g/mol. The molecule has 4 rings (SSSR count). The molecule has 152 valence electrons. The number of hydrogen-bond donors (Lipinski definition) is 2. The second-order valence-electron chi connectivity index (χ2n) is 8.27. The molecule has 3 heterocycles. The van der Waals surface area contributed by atoms with Crippen molar-refractivity contribution in [1.82, 2.24) is 15.1 Å². The Balaban J connectivity index is 1.25. The van der Waals surface area contributed by atoms with E-state index in [1.807, 2.05) is 12.1 Å². The molecule has 7 nitrogen and oxygen atoms in total. The Morgan fingerprint density at radius 2 is 1.64 bits per heavy atom. The molecule has 3 fully saturated rings. The van der Waals surface area contributed by atoms with Gasteiger partial charge < -0.3 is 15.5 Å². The van der Waals surface area contributed by atoms with Crippen LogP contribution in [0.2, 0.25) is 0 Å². The van der Waals surface area contributed by atoms with Crippen LogP contribution < -0.4 is 16.0 Å². The zero-order valence-electron chi connectivity index (χ0n) is 16.5. The number of carbonyl (C=O) groups is 2. The van der Waals surface area contributed by atoms with E-state index in [1.165, 1.54) is 5.69 Å². The van der Waals surface area contributed by atoms with E-state index in [9.17, 15) is 9.59 Å². The van der Waals surface area contributed by atoms with Crippen molar-refractivity contribution in [2.45, 2.75) is 31.2 Å². The van der Waals surface area contributed by atoms with Crippen molar-refractivity contribution in [1.29, 1.82) is 0 Å². The maximum atomic E-state index is 12.0. The van der Waals surface area contributed by atoms with Gasteiger partial charge in [-0.05, 0) is 37.1 Å². The molecule has 1 aromatic carbocycles. The third kappa shape index (κ3) is 4.54. The molecule has 3 N–H and O–H groups in total. The zero-order chi connectivity index (χ0) is 19.5. The fourth-order valence-corrected chi connectivity index (χ4v) is 4.51. The Bertz CT molecular complexity index is 699. The van der Waals surface area contributed by atoms with Gasteiger partial charge in [0.25, 0.3) is 0 Å². The number of nitrogens with two attached hydrogens (primary N) is 1. The molecule has 7 heteroatoms. The van der Waals surface area contributed by atoms with Gasteiger partial charge in [-0.3, -0.25) is 19.8 Å². The summed E-state index contributed by atoms with van der Waals surface area (Å²) in [5.41, 5.74) is 8.20. The normalized spacial score (nSPS) is 27.2. The van der Waals surface area contributed by atoms with Crippen molar-refractivity contribution in [3.63, 3.8) is 0 Å². The minimum Gasteiger partial charge on any atom is -0.369 e. The van der Waals surface area contributed by atoms with Crippen LogP contribution in [0, 0.1) is 0 Å². The van der Waals surface area contributed by atoms with Crippen molar-refractivity contribution in [2.75, 3.05) is 57.3 Å². The first-order valence-corrected chi connectivity index (χ1v) is 10.5. The molecule has 1 unspecified atom stereocenters. The van der Waals surface area contributed by atoms with Gasteiger partial charge in [0.15, 0.2) is 0 Å². The fraction of sp³-hybridized carbons (Fsp3) is 0.619. The van der Waals surface area contributed by atoms with Gasteiger partial charge in [0.2, 0.25) is 11.8 Å². The van der Waals surface area contributed by atoms with Gasteiger partial charge in [0.05, 0.1) is 5.92 Å². The van der Waals surface area contributed by atoms with E-state index in [2.05, 4.69) is 32.1 Å². The lowest BCUT2D eigenvalue weighted by Gasteiger charge is -2.37. The predicted molar refractivity (Wildman–Crippen MR) is 109 cm³/mol. The number of carbonyl (C=O) groups excluding carboxylic acids is 2. The van der Waals surface area contributed by atoms with Crippen molar-refractivity contribution < 1.29 is 9.59 Å². The van der Waals surface area contributed by atoms with Crippen LogP contribution in [0.4, 0.5) is 5.69 Å². The molecule has 0 aromatic heterocycles. The Morgan fingerprint density at radius 3 is 2.29 bits per heavy atom. The van der Waals surface area contributed by atoms with Crippen LogP contribution in [0.15, 0.2) is 24.3 Å². The molecule has 0 aliphatic carbocycles. The number of rotatable bonds is 5. The predicted octanol–water partition coefficient (Wildman–Crippen LogP) is 0.362. The van der Waals surface area contributed by atoms with Gasteiger partial charge in [-0.2, -0.15) is 0 Å². The van der Waals surface area contributed by atoms with Crippen molar-refractivity contribution in [2.24, 2.45) is 5.73 Å². The molecule has 2 amide bonds. The largest absolute Gasteiger partial charge is 0.369 e. The average Bonchev–Trinajstić information content (AvgIpc) is 3.12. The lowest BCUT2D eigenvalue weighted by Crippen LogP contribution is -2.48. The van der Waals surface area contributed by atoms with Crippen LogP contribution in [0.25, 0.3) is 0 Å². The smallest absolute Gasteiger partial charge is 0.234 e. The summed E-state index contributed by atoms with van der Waals surface area (Å²) in [6.45, 7) is 8.63. The monoisotopic (exact) mass is 385 g/mol. The minimum atomic E-state index is -0.206. The van der Waals surface area contributed by atoms with Crippen molar-refractivity contribution in [3.05, 3.63) is 29.8 Å². The number of piperidine rings is 1. The summed E-state index contributed by atoms with van der Waals surface area (Å²) >= 11 is 0. The molecule has 0 saturated carbocycles. The van der Waals surface area contributed by atoms with E-state index in [4.69, 9.17) is 5.73 Å². The summed E-state index contributed by atoms with van der Waals surface area (Å²) in [6, 6.07) is 8.66. The summed E-state index contributed by atoms with van der Waals surface area (Å²) in [4.78, 5) is 30.8. The van der Waals surface area contributed by atoms with Gasteiger partial charge in [0, 0.05) is 64.0 Å². The lowest BCUT2D eigenvalue weighted by atomic mass is 9.90. The molecule has 28 heavy (non-hydrogen) atoms. The molecular formula is C21H31N5O2. The number of amides is 2. The number of hydrogen-bond acceptors (Lipinski definition) is 6. The Morgan fingerprint density at radius 1 is 0.929 bits per heavy atom. The van der Waals surface area contributed by atoms with Crippen LogP contribution in [0.3, 0.4) is 0 Å². The van der Waals surface area contributed by atoms with Gasteiger partial charge in [-0.25, -0.2) is 0 Å². The Hall–Kier alpha value is -1.96. The summed E-state index contributed by atoms with van der Waals surface area (Å²) in [5, 5.41) is 2.44. The molecule has 3 saturated heterocycles. The molecule has 3 aliphatic rings. The highest BCUT2D eigenvalue weighted by Gasteiger charge is 2.28. The minimum absolute atomic E-state index is 0.164. The second kappa shape index (κ2) is 8.59. The van der Waals surface area contributed by atoms with Gasteiger partial charge in [0.1, 0.15) is 0 Å². The molecular weight excluding hydrogens is 354 g/mol. The molecule has 0 spiro atoms. The highest BCUT2D eigenvalue weighted by molar-refractivity contribution is 6.00. The maximum absolute atomic E-state index is 12.0. The third-order valence-corrected chi connectivity index (χ3v) is 6.31.